The molecule has 0 bridgehead atoms. The molecule has 0 aliphatic carbocycles. The lowest BCUT2D eigenvalue weighted by Gasteiger charge is -2.09. The van der Waals surface area contributed by atoms with Gasteiger partial charge >= 0.3 is 0 Å². The highest BCUT2D eigenvalue weighted by molar-refractivity contribution is 7.92. The summed E-state index contributed by atoms with van der Waals surface area (Å²) in [6.45, 7) is 1.89. The number of anilines is 1. The van der Waals surface area contributed by atoms with Gasteiger partial charge in [0.15, 0.2) is 5.65 Å². The van der Waals surface area contributed by atoms with Crippen LogP contribution in [0.15, 0.2) is 71.8 Å². The van der Waals surface area contributed by atoms with E-state index in [1.54, 1.807) is 47.0 Å². The van der Waals surface area contributed by atoms with Crippen LogP contribution in [0, 0.1) is 18.3 Å². The van der Waals surface area contributed by atoms with Crippen molar-refractivity contribution in [2.45, 2.75) is 11.8 Å². The molecule has 0 atom stereocenters. The zero-order valence-electron chi connectivity index (χ0n) is 15.9. The van der Waals surface area contributed by atoms with Crippen LogP contribution in [0.2, 0.25) is 0 Å². The Labute approximate surface area is 172 Å². The Morgan fingerprint density at radius 1 is 1.00 bits per heavy atom. The average molecular weight is 413 g/mol. The van der Waals surface area contributed by atoms with Crippen LogP contribution in [0.4, 0.5) is 5.69 Å². The molecule has 0 saturated carbocycles. The first-order chi connectivity index (χ1) is 14.5. The largest absolute Gasteiger partial charge is 0.298 e. The third-order valence-electron chi connectivity index (χ3n) is 4.92. The van der Waals surface area contributed by atoms with E-state index in [2.05, 4.69) is 20.8 Å². The topological polar surface area (TPSA) is 100 Å². The summed E-state index contributed by atoms with van der Waals surface area (Å²) in [4.78, 5) is 9.42. The number of nitriles is 1. The van der Waals surface area contributed by atoms with Gasteiger partial charge in [-0.15, -0.1) is 0 Å². The quantitative estimate of drug-likeness (QED) is 0.482. The summed E-state index contributed by atoms with van der Waals surface area (Å²) in [5.74, 6) is 0. The van der Waals surface area contributed by atoms with Gasteiger partial charge in [-0.2, -0.15) is 5.26 Å². The molecular formula is C22H15N5O2S. The fraction of sp³-hybridized carbons (Fsp3) is 0.0455. The molecule has 0 aliphatic rings. The zero-order chi connectivity index (χ0) is 20.9. The number of aromatic nitrogens is 3. The van der Waals surface area contributed by atoms with Gasteiger partial charge in [0.05, 0.1) is 27.1 Å². The van der Waals surface area contributed by atoms with Crippen LogP contribution < -0.4 is 4.72 Å². The highest BCUT2D eigenvalue weighted by atomic mass is 32.2. The maximum Gasteiger partial charge on any atom is 0.261 e. The van der Waals surface area contributed by atoms with E-state index in [0.29, 0.717) is 33.4 Å². The summed E-state index contributed by atoms with van der Waals surface area (Å²) in [6, 6.07) is 19.5. The number of para-hydroxylation sites is 2. The van der Waals surface area contributed by atoms with Crippen LogP contribution in [-0.2, 0) is 10.0 Å². The number of aryl methyl sites for hydroxylation is 1. The van der Waals surface area contributed by atoms with E-state index in [9.17, 15) is 13.7 Å². The minimum atomic E-state index is -3.75. The van der Waals surface area contributed by atoms with E-state index in [4.69, 9.17) is 0 Å². The van der Waals surface area contributed by atoms with Gasteiger partial charge in [0.1, 0.15) is 17.1 Å². The number of hydrogen-bond donors (Lipinski definition) is 1. The maximum atomic E-state index is 12.7. The van der Waals surface area contributed by atoms with Crippen molar-refractivity contribution in [2.24, 2.45) is 0 Å². The van der Waals surface area contributed by atoms with Crippen LogP contribution in [0.5, 0.6) is 0 Å². The summed E-state index contributed by atoms with van der Waals surface area (Å²) in [5.41, 5.74) is 4.65. The Morgan fingerprint density at radius 2 is 1.70 bits per heavy atom. The third kappa shape index (κ3) is 2.84. The number of rotatable bonds is 3. The Bertz CT molecular complexity index is 1600. The SMILES string of the molecule is Cc1ccc(S(=O)(=O)Nc2ccn3c(c2)c(C#N)c2nc4ccccc4nc23)cc1. The standard InChI is InChI=1S/C22H15N5O2S/c1-14-6-8-16(9-7-14)30(28,29)26-15-10-11-27-20(12-15)17(13-23)21-22(27)25-19-5-3-2-4-18(19)24-21/h2-12,26H,1H3. The van der Waals surface area contributed by atoms with Crippen molar-refractivity contribution in [3.63, 3.8) is 0 Å². The fourth-order valence-electron chi connectivity index (χ4n) is 3.43. The number of sulfonamides is 1. The van der Waals surface area contributed by atoms with Crippen molar-refractivity contribution in [3.05, 3.63) is 78.0 Å². The van der Waals surface area contributed by atoms with E-state index < -0.39 is 10.0 Å². The second-order valence-electron chi connectivity index (χ2n) is 6.96. The summed E-state index contributed by atoms with van der Waals surface area (Å²) in [7, 11) is -3.75. The van der Waals surface area contributed by atoms with Crippen LogP contribution in [0.3, 0.4) is 0 Å². The second-order valence-corrected chi connectivity index (χ2v) is 8.64. The van der Waals surface area contributed by atoms with Gasteiger partial charge in [-0.25, -0.2) is 18.4 Å². The van der Waals surface area contributed by atoms with Crippen LogP contribution in [0.1, 0.15) is 11.1 Å². The van der Waals surface area contributed by atoms with Gasteiger partial charge in [0.25, 0.3) is 10.0 Å². The van der Waals surface area contributed by atoms with E-state index in [1.165, 1.54) is 0 Å². The minimum Gasteiger partial charge on any atom is -0.298 e. The van der Waals surface area contributed by atoms with Crippen LogP contribution in [-0.4, -0.2) is 22.8 Å². The van der Waals surface area contributed by atoms with Crippen LogP contribution in [0.25, 0.3) is 27.7 Å². The molecule has 0 fully saturated rings. The van der Waals surface area contributed by atoms with E-state index >= 15 is 0 Å². The average Bonchev–Trinajstić information content (AvgIpc) is 3.03. The molecule has 5 rings (SSSR count). The van der Waals surface area contributed by atoms with E-state index in [0.717, 1.165) is 11.1 Å². The van der Waals surface area contributed by atoms with Crippen molar-refractivity contribution < 1.29 is 8.42 Å². The molecule has 30 heavy (non-hydrogen) atoms. The number of fused-ring (bicyclic) bond motifs is 4. The fourth-order valence-corrected chi connectivity index (χ4v) is 4.48. The molecule has 3 aromatic heterocycles. The Kier molecular flexibility index (Phi) is 3.94. The molecule has 2 aromatic carbocycles. The number of nitrogens with zero attached hydrogens (tertiary/aromatic N) is 4. The minimum absolute atomic E-state index is 0.170. The van der Waals surface area contributed by atoms with Gasteiger partial charge in [0, 0.05) is 6.20 Å². The second kappa shape index (κ2) is 6.54. The Balaban J connectivity index is 1.67. The molecule has 0 spiro atoms. The van der Waals surface area contributed by atoms with Crippen LogP contribution >= 0.6 is 0 Å². The molecule has 0 aliphatic heterocycles. The van der Waals surface area contributed by atoms with Gasteiger partial charge in [-0.3, -0.25) is 9.12 Å². The summed E-state index contributed by atoms with van der Waals surface area (Å²) >= 11 is 0. The molecule has 1 N–H and O–H groups in total. The molecule has 8 heteroatoms. The van der Waals surface area contributed by atoms with Crippen molar-refractivity contribution in [3.8, 4) is 6.07 Å². The van der Waals surface area contributed by atoms with Gasteiger partial charge in [-0.1, -0.05) is 29.8 Å². The molecule has 0 amide bonds. The highest BCUT2D eigenvalue weighted by Gasteiger charge is 2.18. The lowest BCUT2D eigenvalue weighted by molar-refractivity contribution is 0.601. The number of pyridine rings is 1. The van der Waals surface area contributed by atoms with E-state index in [-0.39, 0.29) is 4.90 Å². The molecule has 0 saturated heterocycles. The van der Waals surface area contributed by atoms with Gasteiger partial charge in [-0.05, 0) is 43.3 Å². The first kappa shape index (κ1) is 18.1. The molecular weight excluding hydrogens is 398 g/mol. The molecule has 5 aromatic rings. The Morgan fingerprint density at radius 3 is 2.40 bits per heavy atom. The monoisotopic (exact) mass is 413 g/mol. The Hall–Kier alpha value is -3.96. The maximum absolute atomic E-state index is 12.7. The lowest BCUT2D eigenvalue weighted by atomic mass is 10.2. The predicted octanol–water partition coefficient (Wildman–Crippen LogP) is 4.02. The van der Waals surface area contributed by atoms with Gasteiger partial charge in [0.2, 0.25) is 0 Å². The smallest absolute Gasteiger partial charge is 0.261 e. The molecule has 3 heterocycles. The first-order valence-corrected chi connectivity index (χ1v) is 10.6. The van der Waals surface area contributed by atoms with Crippen molar-refractivity contribution in [1.82, 2.24) is 14.4 Å². The lowest BCUT2D eigenvalue weighted by Crippen LogP contribution is -2.13. The zero-order valence-corrected chi connectivity index (χ0v) is 16.7. The van der Waals surface area contributed by atoms with Gasteiger partial charge < -0.3 is 0 Å². The summed E-state index contributed by atoms with van der Waals surface area (Å²) in [6.07, 6.45) is 1.69. The summed E-state index contributed by atoms with van der Waals surface area (Å²) in [5, 5.41) is 9.75. The van der Waals surface area contributed by atoms with E-state index in [1.807, 2.05) is 31.2 Å². The summed E-state index contributed by atoms with van der Waals surface area (Å²) < 4.78 is 29.8. The van der Waals surface area contributed by atoms with Crippen molar-refractivity contribution in [2.75, 3.05) is 4.72 Å². The molecule has 0 radical (unpaired) electrons. The van der Waals surface area contributed by atoms with Crippen molar-refractivity contribution in [1.29, 1.82) is 5.26 Å². The van der Waals surface area contributed by atoms with Crippen molar-refractivity contribution >= 4 is 43.4 Å². The molecule has 146 valence electrons. The number of hydrogen-bond acceptors (Lipinski definition) is 5. The molecule has 0 unspecified atom stereocenters. The first-order valence-electron chi connectivity index (χ1n) is 9.16. The molecule has 7 nitrogen and oxygen atoms in total. The number of nitrogens with one attached hydrogen (secondary N) is 1. The number of benzene rings is 2. The highest BCUT2D eigenvalue weighted by Crippen LogP contribution is 2.28. The normalized spacial score (nSPS) is 11.7. The predicted molar refractivity (Wildman–Crippen MR) is 115 cm³/mol. The third-order valence-corrected chi connectivity index (χ3v) is 6.32.